The molecular weight excluding hydrogens is 590 g/mol. The Hall–Kier alpha value is -5.80. The Labute approximate surface area is 272 Å². The molecule has 0 saturated heterocycles. The largest absolute Gasteiger partial charge is 0.497 e. The van der Waals surface area contributed by atoms with E-state index in [1.807, 2.05) is 65.2 Å². The van der Waals surface area contributed by atoms with Gasteiger partial charge in [-0.15, -0.1) is 0 Å². The molecule has 2 atom stereocenters. The van der Waals surface area contributed by atoms with Gasteiger partial charge in [0.25, 0.3) is 5.91 Å². The molecule has 0 bridgehead atoms. The molecule has 234 valence electrons. The lowest BCUT2D eigenvalue weighted by molar-refractivity contribution is -0.0267. The molecule has 4 aromatic carbocycles. The van der Waals surface area contributed by atoms with Gasteiger partial charge in [0, 0.05) is 12.0 Å². The highest BCUT2D eigenvalue weighted by molar-refractivity contribution is 6.06. The molecule has 9 nitrogen and oxygen atoms in total. The van der Waals surface area contributed by atoms with Gasteiger partial charge in [-0.05, 0) is 53.1 Å². The zero-order valence-corrected chi connectivity index (χ0v) is 26.0. The fraction of sp³-hybridized carbons (Fsp3) is 0.158. The number of methoxy groups -OCH3 is 2. The zero-order valence-electron chi connectivity index (χ0n) is 26.0. The molecule has 1 amide bonds. The van der Waals surface area contributed by atoms with Gasteiger partial charge in [-0.3, -0.25) is 4.79 Å². The Balaban J connectivity index is 1.22. The molecule has 7 rings (SSSR count). The quantitative estimate of drug-likeness (QED) is 0.130. The third-order valence-corrected chi connectivity index (χ3v) is 8.51. The maximum absolute atomic E-state index is 12.9. The first-order valence-corrected chi connectivity index (χ1v) is 15.3. The first-order chi connectivity index (χ1) is 23.1. The van der Waals surface area contributed by atoms with Crippen LogP contribution in [0.25, 0.3) is 11.2 Å². The second-order valence-electron chi connectivity index (χ2n) is 11.2. The predicted molar refractivity (Wildman–Crippen MR) is 180 cm³/mol. The van der Waals surface area contributed by atoms with E-state index in [4.69, 9.17) is 14.2 Å². The number of nitrogens with zero attached hydrogens (tertiary/aromatic N) is 4. The van der Waals surface area contributed by atoms with Gasteiger partial charge in [0.05, 0.1) is 32.7 Å². The van der Waals surface area contributed by atoms with E-state index in [-0.39, 0.29) is 18.1 Å². The lowest BCUT2D eigenvalue weighted by Gasteiger charge is -2.38. The van der Waals surface area contributed by atoms with Gasteiger partial charge < -0.3 is 24.1 Å². The lowest BCUT2D eigenvalue weighted by atomic mass is 9.79. The second kappa shape index (κ2) is 12.9. The number of carbonyl (C=O) groups excluding carboxylic acids is 1. The molecule has 0 fully saturated rings. The van der Waals surface area contributed by atoms with Crippen LogP contribution in [-0.4, -0.2) is 45.7 Å². The van der Waals surface area contributed by atoms with Gasteiger partial charge in [0.1, 0.15) is 23.4 Å². The van der Waals surface area contributed by atoms with Crippen LogP contribution in [0.5, 0.6) is 11.5 Å². The van der Waals surface area contributed by atoms with Crippen molar-refractivity contribution in [3.63, 3.8) is 0 Å². The summed E-state index contributed by atoms with van der Waals surface area (Å²) in [6.07, 6.45) is 7.78. The van der Waals surface area contributed by atoms with Crippen LogP contribution in [0, 0.1) is 0 Å². The van der Waals surface area contributed by atoms with Crippen LogP contribution in [0.15, 0.2) is 134 Å². The molecule has 1 aliphatic carbocycles. The van der Waals surface area contributed by atoms with Gasteiger partial charge in [0.15, 0.2) is 17.0 Å². The van der Waals surface area contributed by atoms with Crippen LogP contribution in [0.2, 0.25) is 0 Å². The molecule has 0 saturated carbocycles. The number of imidazole rings is 1. The topological polar surface area (TPSA) is 100 Å². The Kier molecular flexibility index (Phi) is 8.20. The number of amides is 1. The summed E-state index contributed by atoms with van der Waals surface area (Å²) < 4.78 is 20.3. The van der Waals surface area contributed by atoms with E-state index in [1.165, 1.54) is 6.33 Å². The van der Waals surface area contributed by atoms with E-state index in [1.54, 1.807) is 32.7 Å². The summed E-state index contributed by atoms with van der Waals surface area (Å²) >= 11 is 0. The molecule has 0 aliphatic heterocycles. The Bertz CT molecular complexity index is 1960. The number of rotatable bonds is 10. The first-order valence-electron chi connectivity index (χ1n) is 15.3. The van der Waals surface area contributed by atoms with E-state index in [2.05, 4.69) is 68.8 Å². The molecule has 6 aromatic rings. The molecule has 2 aromatic heterocycles. The predicted octanol–water partition coefficient (Wildman–Crippen LogP) is 6.97. The number of nitrogens with one attached hydrogen (secondary N) is 1. The standard InChI is InChI=1S/C38H33N5O4/c1-45-31-18-13-28(14-19-31)38(27-11-7-4-8-12-27,29-15-20-32(46-2)21-16-29)47-33-22-17-30(23-33)43-25-41-34-35(39-24-40-36(34)43)42-37(44)26-9-5-3-6-10-26/h3-22,24-25,30,33H,23H2,1-2H3,(H,39,40,42,44)/t30-,33+/m0/s1. The summed E-state index contributed by atoms with van der Waals surface area (Å²) in [5, 5.41) is 2.89. The van der Waals surface area contributed by atoms with Crippen LogP contribution in [0.3, 0.4) is 0 Å². The number of hydrogen-bond donors (Lipinski definition) is 1. The highest BCUT2D eigenvalue weighted by Crippen LogP contribution is 2.44. The molecule has 0 spiro atoms. The first kappa shape index (κ1) is 29.9. The van der Waals surface area contributed by atoms with E-state index in [0.717, 1.165) is 28.2 Å². The van der Waals surface area contributed by atoms with Gasteiger partial charge in [-0.2, -0.15) is 0 Å². The summed E-state index contributed by atoms with van der Waals surface area (Å²) in [6, 6.07) is 35.2. The fourth-order valence-electron chi connectivity index (χ4n) is 6.15. The summed E-state index contributed by atoms with van der Waals surface area (Å²) in [5.74, 6) is 1.63. The number of anilines is 1. The minimum Gasteiger partial charge on any atom is -0.497 e. The maximum atomic E-state index is 12.9. The third-order valence-electron chi connectivity index (χ3n) is 8.51. The molecule has 1 aliphatic rings. The third kappa shape index (κ3) is 5.73. The highest BCUT2D eigenvalue weighted by atomic mass is 16.5. The molecule has 47 heavy (non-hydrogen) atoms. The van der Waals surface area contributed by atoms with Crippen molar-refractivity contribution in [3.05, 3.63) is 156 Å². The van der Waals surface area contributed by atoms with Crippen molar-refractivity contribution in [2.75, 3.05) is 19.5 Å². The van der Waals surface area contributed by atoms with E-state index < -0.39 is 5.60 Å². The van der Waals surface area contributed by atoms with Crippen molar-refractivity contribution in [1.82, 2.24) is 19.5 Å². The molecule has 9 heteroatoms. The van der Waals surface area contributed by atoms with Crippen molar-refractivity contribution >= 4 is 22.9 Å². The van der Waals surface area contributed by atoms with Gasteiger partial charge in [0.2, 0.25) is 0 Å². The molecule has 0 unspecified atom stereocenters. The molecule has 1 N–H and O–H groups in total. The molecule has 2 heterocycles. The fourth-order valence-corrected chi connectivity index (χ4v) is 6.15. The SMILES string of the molecule is COc1ccc(C(O[C@@H]2C=C[C@H](n3cnc4c(NC(=O)c5ccccc5)ncnc43)C2)(c2ccccc2)c2ccc(OC)cc2)cc1. The second-order valence-corrected chi connectivity index (χ2v) is 11.2. The van der Waals surface area contributed by atoms with Crippen molar-refractivity contribution < 1.29 is 19.0 Å². The van der Waals surface area contributed by atoms with Crippen LogP contribution in [0.1, 0.15) is 39.5 Å². The van der Waals surface area contributed by atoms with E-state index in [0.29, 0.717) is 29.0 Å². The van der Waals surface area contributed by atoms with Gasteiger partial charge in [-0.1, -0.05) is 84.9 Å². The molecular formula is C38H33N5O4. The number of carbonyl (C=O) groups is 1. The number of ether oxygens (including phenoxy) is 3. The highest BCUT2D eigenvalue weighted by Gasteiger charge is 2.41. The number of hydrogen-bond acceptors (Lipinski definition) is 7. The minimum atomic E-state index is -0.947. The number of benzene rings is 4. The van der Waals surface area contributed by atoms with Gasteiger partial charge >= 0.3 is 0 Å². The summed E-state index contributed by atoms with van der Waals surface area (Å²) in [6.45, 7) is 0. The maximum Gasteiger partial charge on any atom is 0.256 e. The van der Waals surface area contributed by atoms with Crippen molar-refractivity contribution in [2.24, 2.45) is 0 Å². The Morgan fingerprint density at radius 2 is 1.34 bits per heavy atom. The van der Waals surface area contributed by atoms with Crippen molar-refractivity contribution in [3.8, 4) is 11.5 Å². The number of fused-ring (bicyclic) bond motifs is 1. The number of aromatic nitrogens is 4. The average molecular weight is 624 g/mol. The van der Waals surface area contributed by atoms with E-state index in [9.17, 15) is 4.79 Å². The lowest BCUT2D eigenvalue weighted by Crippen LogP contribution is -2.36. The summed E-state index contributed by atoms with van der Waals surface area (Å²) in [7, 11) is 3.32. The van der Waals surface area contributed by atoms with Crippen molar-refractivity contribution in [1.29, 1.82) is 0 Å². The van der Waals surface area contributed by atoms with Crippen LogP contribution >= 0.6 is 0 Å². The smallest absolute Gasteiger partial charge is 0.256 e. The van der Waals surface area contributed by atoms with E-state index >= 15 is 0 Å². The monoisotopic (exact) mass is 623 g/mol. The van der Waals surface area contributed by atoms with Gasteiger partial charge in [-0.25, -0.2) is 15.0 Å². The average Bonchev–Trinajstić information content (AvgIpc) is 3.79. The Morgan fingerprint density at radius 3 is 1.96 bits per heavy atom. The summed E-state index contributed by atoms with van der Waals surface area (Å²) in [4.78, 5) is 26.3. The summed E-state index contributed by atoms with van der Waals surface area (Å²) in [5.41, 5.74) is 3.65. The normalized spacial score (nSPS) is 15.9. The Morgan fingerprint density at radius 1 is 0.745 bits per heavy atom. The van der Waals surface area contributed by atoms with Crippen molar-refractivity contribution in [2.45, 2.75) is 24.2 Å². The minimum absolute atomic E-state index is 0.0854. The van der Waals surface area contributed by atoms with Crippen LogP contribution < -0.4 is 14.8 Å². The number of allylic oxidation sites excluding steroid dienone is 1. The van der Waals surface area contributed by atoms with Crippen LogP contribution in [-0.2, 0) is 10.3 Å². The van der Waals surface area contributed by atoms with Crippen LogP contribution in [0.4, 0.5) is 5.82 Å². The molecule has 0 radical (unpaired) electrons. The zero-order chi connectivity index (χ0) is 32.2.